The molecule has 0 heterocycles. The summed E-state index contributed by atoms with van der Waals surface area (Å²) in [6, 6.07) is 0. The van der Waals surface area contributed by atoms with Crippen molar-refractivity contribution in [1.29, 1.82) is 0 Å². The summed E-state index contributed by atoms with van der Waals surface area (Å²) in [5.74, 6) is 0. The molecule has 0 aliphatic heterocycles. The van der Waals surface area contributed by atoms with Crippen molar-refractivity contribution in [2.75, 3.05) is 13.4 Å². The Morgan fingerprint density at radius 3 is 2.50 bits per heavy atom. The molecule has 1 unspecified atom stereocenters. The molecule has 50 valence electrons. The average molecular weight is 120 g/mol. The van der Waals surface area contributed by atoms with Gasteiger partial charge >= 0.3 is 0 Å². The van der Waals surface area contributed by atoms with E-state index in [1.54, 1.807) is 6.92 Å². The van der Waals surface area contributed by atoms with E-state index in [4.69, 9.17) is 10.2 Å². The van der Waals surface area contributed by atoms with E-state index in [0.29, 0.717) is 6.42 Å². The molecule has 0 aromatic rings. The first-order valence-corrected chi connectivity index (χ1v) is 2.64. The van der Waals surface area contributed by atoms with Crippen LogP contribution in [0.3, 0.4) is 0 Å². The molecule has 2 N–H and O–H groups in total. The second-order valence-corrected chi connectivity index (χ2v) is 1.62. The third kappa shape index (κ3) is 4.05. The summed E-state index contributed by atoms with van der Waals surface area (Å²) < 4.78 is 4.68. The Kier molecular flexibility index (Phi) is 4.95. The number of hydrogen-bond donors (Lipinski definition) is 2. The van der Waals surface area contributed by atoms with E-state index in [1.165, 1.54) is 0 Å². The molecule has 0 aliphatic carbocycles. The van der Waals surface area contributed by atoms with Crippen molar-refractivity contribution in [1.82, 2.24) is 0 Å². The van der Waals surface area contributed by atoms with Crippen molar-refractivity contribution in [2.45, 2.75) is 19.4 Å². The van der Waals surface area contributed by atoms with Crippen LogP contribution < -0.4 is 0 Å². The molecule has 0 saturated heterocycles. The third-order valence-electron chi connectivity index (χ3n) is 0.895. The first-order chi connectivity index (χ1) is 3.81. The van der Waals surface area contributed by atoms with E-state index in [1.807, 2.05) is 0 Å². The van der Waals surface area contributed by atoms with Crippen LogP contribution in [-0.4, -0.2) is 29.7 Å². The molecule has 0 saturated carbocycles. The molecule has 8 heavy (non-hydrogen) atoms. The van der Waals surface area contributed by atoms with Crippen molar-refractivity contribution in [3.05, 3.63) is 0 Å². The molecule has 3 nitrogen and oxygen atoms in total. The lowest BCUT2D eigenvalue weighted by atomic mass is 10.3. The van der Waals surface area contributed by atoms with Gasteiger partial charge in [-0.25, -0.2) is 0 Å². The zero-order valence-corrected chi connectivity index (χ0v) is 5.00. The van der Waals surface area contributed by atoms with Crippen LogP contribution in [0.25, 0.3) is 0 Å². The van der Waals surface area contributed by atoms with E-state index in [-0.39, 0.29) is 19.5 Å². The molecule has 0 fully saturated rings. The maximum Gasteiger partial charge on any atom is 0.143 e. The number of hydrogen-bond acceptors (Lipinski definition) is 3. The molecule has 0 bridgehead atoms. The van der Waals surface area contributed by atoms with Crippen molar-refractivity contribution in [3.8, 4) is 0 Å². The standard InChI is InChI=1S/C5H12O3/c1-5(2-3-6)8-4-7/h5-7H,2-4H2,1H3. The second kappa shape index (κ2) is 5.03. The fourth-order valence-corrected chi connectivity index (χ4v) is 0.392. The predicted molar refractivity (Wildman–Crippen MR) is 29.3 cm³/mol. The zero-order valence-electron chi connectivity index (χ0n) is 5.00. The quantitative estimate of drug-likeness (QED) is 0.502. The molecule has 0 aliphatic rings. The molecule has 0 radical (unpaired) electrons. The van der Waals surface area contributed by atoms with Crippen LogP contribution >= 0.6 is 0 Å². The molecule has 1 atom stereocenters. The van der Waals surface area contributed by atoms with Crippen molar-refractivity contribution < 1.29 is 14.9 Å². The van der Waals surface area contributed by atoms with Crippen molar-refractivity contribution in [2.24, 2.45) is 0 Å². The van der Waals surface area contributed by atoms with E-state index >= 15 is 0 Å². The van der Waals surface area contributed by atoms with Crippen molar-refractivity contribution in [3.63, 3.8) is 0 Å². The lowest BCUT2D eigenvalue weighted by Crippen LogP contribution is -2.10. The van der Waals surface area contributed by atoms with Gasteiger partial charge in [-0.15, -0.1) is 0 Å². The fourth-order valence-electron chi connectivity index (χ4n) is 0.392. The molecule has 0 spiro atoms. The highest BCUT2D eigenvalue weighted by atomic mass is 16.6. The lowest BCUT2D eigenvalue weighted by Gasteiger charge is -2.06. The molecule has 0 aromatic carbocycles. The highest BCUT2D eigenvalue weighted by Crippen LogP contribution is 1.93. The van der Waals surface area contributed by atoms with E-state index in [2.05, 4.69) is 4.74 Å². The Hall–Kier alpha value is -0.120. The van der Waals surface area contributed by atoms with Crippen LogP contribution in [0.5, 0.6) is 0 Å². The Labute approximate surface area is 48.9 Å². The first kappa shape index (κ1) is 7.88. The monoisotopic (exact) mass is 120 g/mol. The Bertz CT molecular complexity index is 40.9. The summed E-state index contributed by atoms with van der Waals surface area (Å²) in [7, 11) is 0. The highest BCUT2D eigenvalue weighted by Gasteiger charge is 1.96. The topological polar surface area (TPSA) is 49.7 Å². The summed E-state index contributed by atoms with van der Waals surface area (Å²) in [6.45, 7) is 1.65. The minimum Gasteiger partial charge on any atom is -0.396 e. The van der Waals surface area contributed by atoms with Crippen LogP contribution in [0, 0.1) is 0 Å². The van der Waals surface area contributed by atoms with Crippen LogP contribution in [0.4, 0.5) is 0 Å². The molecular formula is C5H12O3. The third-order valence-corrected chi connectivity index (χ3v) is 0.895. The summed E-state index contributed by atoms with van der Waals surface area (Å²) >= 11 is 0. The summed E-state index contributed by atoms with van der Waals surface area (Å²) in [5.41, 5.74) is 0. The zero-order chi connectivity index (χ0) is 6.41. The highest BCUT2D eigenvalue weighted by molar-refractivity contribution is 4.44. The molecule has 0 rings (SSSR count). The summed E-state index contributed by atoms with van der Waals surface area (Å²) in [4.78, 5) is 0. The van der Waals surface area contributed by atoms with Crippen LogP contribution in [0.1, 0.15) is 13.3 Å². The van der Waals surface area contributed by atoms with E-state index < -0.39 is 0 Å². The van der Waals surface area contributed by atoms with Gasteiger partial charge in [-0.2, -0.15) is 0 Å². The minimum atomic E-state index is -0.263. The number of aliphatic hydroxyl groups is 2. The fraction of sp³-hybridized carbons (Fsp3) is 1.00. The molecule has 3 heteroatoms. The maximum absolute atomic E-state index is 8.30. The SMILES string of the molecule is CC(CCO)OCO. The van der Waals surface area contributed by atoms with Gasteiger partial charge in [-0.1, -0.05) is 0 Å². The largest absolute Gasteiger partial charge is 0.396 e. The number of rotatable bonds is 4. The predicted octanol–water partition coefficient (Wildman–Crippen LogP) is -0.276. The van der Waals surface area contributed by atoms with Crippen molar-refractivity contribution >= 4 is 0 Å². The van der Waals surface area contributed by atoms with Gasteiger partial charge in [0.25, 0.3) is 0 Å². The summed E-state index contributed by atoms with van der Waals surface area (Å²) in [5, 5.41) is 16.5. The maximum atomic E-state index is 8.30. The van der Waals surface area contributed by atoms with Gasteiger partial charge in [0.1, 0.15) is 6.79 Å². The van der Waals surface area contributed by atoms with Crippen LogP contribution in [0.15, 0.2) is 0 Å². The number of ether oxygens (including phenoxy) is 1. The van der Waals surface area contributed by atoms with Gasteiger partial charge in [0, 0.05) is 6.61 Å². The molecule has 0 amide bonds. The van der Waals surface area contributed by atoms with Gasteiger partial charge < -0.3 is 14.9 Å². The van der Waals surface area contributed by atoms with Gasteiger partial charge in [-0.3, -0.25) is 0 Å². The normalized spacial score (nSPS) is 13.9. The van der Waals surface area contributed by atoms with Gasteiger partial charge in [0.2, 0.25) is 0 Å². The first-order valence-electron chi connectivity index (χ1n) is 2.64. The average Bonchev–Trinajstić information content (AvgIpc) is 1.68. The smallest absolute Gasteiger partial charge is 0.143 e. The Morgan fingerprint density at radius 2 is 2.12 bits per heavy atom. The van der Waals surface area contributed by atoms with E-state index in [0.717, 1.165) is 0 Å². The summed E-state index contributed by atoms with van der Waals surface area (Å²) in [6.07, 6.45) is 0.547. The van der Waals surface area contributed by atoms with Crippen LogP contribution in [-0.2, 0) is 4.74 Å². The molecule has 0 aromatic heterocycles. The van der Waals surface area contributed by atoms with Crippen LogP contribution in [0.2, 0.25) is 0 Å². The second-order valence-electron chi connectivity index (χ2n) is 1.62. The lowest BCUT2D eigenvalue weighted by molar-refractivity contribution is -0.0492. The van der Waals surface area contributed by atoms with Gasteiger partial charge in [0.15, 0.2) is 0 Å². The number of aliphatic hydroxyl groups excluding tert-OH is 2. The Balaban J connectivity index is 2.92. The van der Waals surface area contributed by atoms with Gasteiger partial charge in [-0.05, 0) is 13.3 Å². The minimum absolute atomic E-state index is 0.0370. The van der Waals surface area contributed by atoms with Gasteiger partial charge in [0.05, 0.1) is 6.10 Å². The Morgan fingerprint density at radius 1 is 1.50 bits per heavy atom. The van der Waals surface area contributed by atoms with E-state index in [9.17, 15) is 0 Å². The molecular weight excluding hydrogens is 108 g/mol.